The highest BCUT2D eigenvalue weighted by molar-refractivity contribution is 6.36. The van der Waals surface area contributed by atoms with E-state index < -0.39 is 0 Å². The van der Waals surface area contributed by atoms with E-state index >= 15 is 0 Å². The summed E-state index contributed by atoms with van der Waals surface area (Å²) >= 11 is 0. The summed E-state index contributed by atoms with van der Waals surface area (Å²) in [6, 6.07) is 0. The third-order valence-electron chi connectivity index (χ3n) is 0.955. The van der Waals surface area contributed by atoms with Crippen molar-refractivity contribution in [3.8, 4) is 0 Å². The van der Waals surface area contributed by atoms with Gasteiger partial charge in [0.25, 0.3) is 0 Å². The second-order valence-corrected chi connectivity index (χ2v) is 1.60. The van der Waals surface area contributed by atoms with Gasteiger partial charge in [-0.25, -0.2) is 4.99 Å². The molecule has 0 bridgehead atoms. The molecule has 1 aliphatic rings. The largest absolute Gasteiger partial charge is 0.449 e. The maximum atomic E-state index is 8.51. The van der Waals surface area contributed by atoms with Crippen molar-refractivity contribution in [2.45, 2.75) is 0 Å². The summed E-state index contributed by atoms with van der Waals surface area (Å²) < 4.78 is 0. The van der Waals surface area contributed by atoms with Crippen LogP contribution in [0, 0.1) is 0 Å². The molecule has 0 aromatic carbocycles. The molecule has 0 aromatic heterocycles. The highest BCUT2D eigenvalue weighted by atomic mass is 16.2. The maximum Gasteiger partial charge on any atom is 0.303 e. The predicted molar refractivity (Wildman–Crippen MR) is 33.9 cm³/mol. The minimum atomic E-state index is 0.102. The molecule has 0 atom stereocenters. The first-order chi connectivity index (χ1) is 3.93. The molecule has 0 amide bonds. The molecule has 0 saturated heterocycles. The first-order valence-electron chi connectivity index (χ1n) is 2.47. The molecule has 0 aromatic rings. The number of hydrogen-bond acceptors (Lipinski definition) is 3. The van der Waals surface area contributed by atoms with Gasteiger partial charge in [0.15, 0.2) is 0 Å². The Morgan fingerprint density at radius 3 is 3.12 bits per heavy atom. The van der Waals surface area contributed by atoms with E-state index in [4.69, 9.17) is 5.02 Å². The fraction of sp³-hybridized carbons (Fsp3) is 0.250. The summed E-state index contributed by atoms with van der Waals surface area (Å²) in [7, 11) is 0.102. The van der Waals surface area contributed by atoms with Gasteiger partial charge in [-0.15, -0.1) is 0 Å². The lowest BCUT2D eigenvalue weighted by atomic mass is 9.89. The molecule has 3 nitrogen and oxygen atoms in total. The third-order valence-corrected chi connectivity index (χ3v) is 0.955. The molecule has 0 aliphatic carbocycles. The van der Waals surface area contributed by atoms with Crippen molar-refractivity contribution in [1.82, 2.24) is 5.32 Å². The van der Waals surface area contributed by atoms with Crippen LogP contribution in [0.25, 0.3) is 0 Å². The van der Waals surface area contributed by atoms with E-state index in [1.165, 1.54) is 0 Å². The zero-order chi connectivity index (χ0) is 5.82. The molecule has 0 radical (unpaired) electrons. The summed E-state index contributed by atoms with van der Waals surface area (Å²) in [6.45, 7) is 0.722. The summed E-state index contributed by atoms with van der Waals surface area (Å²) in [6.07, 6.45) is 3.27. The Morgan fingerprint density at radius 1 is 1.88 bits per heavy atom. The number of aliphatic imine (C=N–C) groups is 1. The van der Waals surface area contributed by atoms with Crippen LogP contribution in [0.2, 0.25) is 0 Å². The first-order valence-corrected chi connectivity index (χ1v) is 2.47. The van der Waals surface area contributed by atoms with Crippen LogP contribution < -0.4 is 5.32 Å². The fourth-order valence-electron chi connectivity index (χ4n) is 0.514. The van der Waals surface area contributed by atoms with Gasteiger partial charge >= 0.3 is 7.48 Å². The average molecular weight is 110 g/mol. The molecule has 2 N–H and O–H groups in total. The molecule has 0 unspecified atom stereocenters. The second-order valence-electron chi connectivity index (χ2n) is 1.60. The van der Waals surface area contributed by atoms with Crippen LogP contribution in [0.1, 0.15) is 0 Å². The van der Waals surface area contributed by atoms with Gasteiger partial charge in [0, 0.05) is 12.7 Å². The number of nitrogens with one attached hydrogen (secondary N) is 1. The number of rotatable bonds is 1. The Labute approximate surface area is 48.4 Å². The number of hydrogen-bond donors (Lipinski definition) is 2. The topological polar surface area (TPSA) is 44.6 Å². The van der Waals surface area contributed by atoms with Crippen molar-refractivity contribution in [1.29, 1.82) is 0 Å². The van der Waals surface area contributed by atoms with Crippen molar-refractivity contribution < 1.29 is 5.02 Å². The van der Waals surface area contributed by atoms with E-state index in [1.807, 2.05) is 0 Å². The minimum Gasteiger partial charge on any atom is -0.449 e. The lowest BCUT2D eigenvalue weighted by molar-refractivity contribution is 0.608. The standard InChI is InChI=1S/C4H7BN2O/c8-5-4-1-6-3-7-2-4/h1,3,5,8H,2H2,(H,6,7). The van der Waals surface area contributed by atoms with Crippen molar-refractivity contribution in [2.75, 3.05) is 6.54 Å². The van der Waals surface area contributed by atoms with Crippen LogP contribution in [0.3, 0.4) is 0 Å². The molecular weight excluding hydrogens is 103 g/mol. The lowest BCUT2D eigenvalue weighted by Crippen LogP contribution is -2.20. The third kappa shape index (κ3) is 1.10. The van der Waals surface area contributed by atoms with E-state index in [-0.39, 0.29) is 7.48 Å². The smallest absolute Gasteiger partial charge is 0.303 e. The van der Waals surface area contributed by atoms with Crippen LogP contribution in [0.4, 0.5) is 0 Å². The van der Waals surface area contributed by atoms with Crippen LogP contribution in [0.5, 0.6) is 0 Å². The average Bonchev–Trinajstić information content (AvgIpc) is 1.90. The SMILES string of the molecule is OBC1=CN=CNC1. The van der Waals surface area contributed by atoms with Crippen LogP contribution in [-0.2, 0) is 0 Å². The van der Waals surface area contributed by atoms with Crippen molar-refractivity contribution in [3.05, 3.63) is 11.7 Å². The molecule has 0 fully saturated rings. The van der Waals surface area contributed by atoms with Gasteiger partial charge in [0.05, 0.1) is 6.34 Å². The van der Waals surface area contributed by atoms with Crippen LogP contribution in [-0.4, -0.2) is 25.4 Å². The summed E-state index contributed by atoms with van der Waals surface area (Å²) in [5.41, 5.74) is 0.924. The molecule has 42 valence electrons. The molecule has 1 aliphatic heterocycles. The Kier molecular flexibility index (Phi) is 1.69. The second kappa shape index (κ2) is 2.52. The predicted octanol–water partition coefficient (Wildman–Crippen LogP) is -1.20. The van der Waals surface area contributed by atoms with Gasteiger partial charge in [0.2, 0.25) is 0 Å². The Bertz CT molecular complexity index is 132. The monoisotopic (exact) mass is 110 g/mol. The maximum absolute atomic E-state index is 8.51. The van der Waals surface area contributed by atoms with Gasteiger partial charge in [0.1, 0.15) is 0 Å². The van der Waals surface area contributed by atoms with E-state index in [0.717, 1.165) is 12.0 Å². The molecule has 4 heteroatoms. The van der Waals surface area contributed by atoms with Gasteiger partial charge in [-0.2, -0.15) is 0 Å². The summed E-state index contributed by atoms with van der Waals surface area (Å²) in [5.74, 6) is 0. The fourth-order valence-corrected chi connectivity index (χ4v) is 0.514. The summed E-state index contributed by atoms with van der Waals surface area (Å²) in [5, 5.41) is 11.4. The van der Waals surface area contributed by atoms with E-state index in [1.54, 1.807) is 12.5 Å². The normalized spacial score (nSPS) is 16.9. The Morgan fingerprint density at radius 2 is 2.75 bits per heavy atom. The van der Waals surface area contributed by atoms with Crippen molar-refractivity contribution >= 4 is 13.8 Å². The zero-order valence-corrected chi connectivity index (χ0v) is 4.46. The van der Waals surface area contributed by atoms with Gasteiger partial charge in [-0.3, -0.25) is 0 Å². The molecule has 0 spiro atoms. The lowest BCUT2D eigenvalue weighted by Gasteiger charge is -2.03. The van der Waals surface area contributed by atoms with Gasteiger partial charge in [-0.1, -0.05) is 0 Å². The van der Waals surface area contributed by atoms with E-state index in [0.29, 0.717) is 0 Å². The Balaban J connectivity index is 2.50. The molecule has 8 heavy (non-hydrogen) atoms. The Hall–Kier alpha value is -0.765. The molecule has 1 heterocycles. The van der Waals surface area contributed by atoms with Crippen molar-refractivity contribution in [3.63, 3.8) is 0 Å². The zero-order valence-electron chi connectivity index (χ0n) is 4.46. The quantitative estimate of drug-likeness (QED) is 0.416. The molecule has 0 saturated carbocycles. The van der Waals surface area contributed by atoms with Gasteiger partial charge in [-0.05, 0) is 5.47 Å². The van der Waals surface area contributed by atoms with E-state index in [2.05, 4.69) is 10.3 Å². The van der Waals surface area contributed by atoms with Gasteiger partial charge < -0.3 is 10.3 Å². The summed E-state index contributed by atoms with van der Waals surface area (Å²) in [4.78, 5) is 3.77. The van der Waals surface area contributed by atoms with Crippen LogP contribution >= 0.6 is 0 Å². The minimum absolute atomic E-state index is 0.102. The first kappa shape index (κ1) is 5.37. The molecule has 1 rings (SSSR count). The highest BCUT2D eigenvalue weighted by Crippen LogP contribution is 1.90. The van der Waals surface area contributed by atoms with E-state index in [9.17, 15) is 0 Å². The highest BCUT2D eigenvalue weighted by Gasteiger charge is 1.96. The molecular formula is C4H7BN2O. The van der Waals surface area contributed by atoms with Crippen LogP contribution in [0.15, 0.2) is 16.7 Å². The number of nitrogens with zero attached hydrogens (tertiary/aromatic N) is 1. The van der Waals surface area contributed by atoms with Crippen molar-refractivity contribution in [2.24, 2.45) is 4.99 Å².